The first-order valence-corrected chi connectivity index (χ1v) is 11.1. The molecule has 0 saturated heterocycles. The SMILES string of the molecule is CSc1nc(Nc2ccc(Cc3ccncc3)cc2)c(C#N)c(-c2ccc(Cl)cc2)n1. The smallest absolute Gasteiger partial charge is 0.189 e. The van der Waals surface area contributed by atoms with Crippen molar-refractivity contribution in [1.82, 2.24) is 15.0 Å². The van der Waals surface area contributed by atoms with Crippen molar-refractivity contribution in [2.45, 2.75) is 11.6 Å². The van der Waals surface area contributed by atoms with Crippen LogP contribution < -0.4 is 5.32 Å². The van der Waals surface area contributed by atoms with Gasteiger partial charge in [0.1, 0.15) is 11.6 Å². The van der Waals surface area contributed by atoms with Crippen LogP contribution in [-0.4, -0.2) is 21.2 Å². The monoisotopic (exact) mass is 443 g/mol. The Hall–Kier alpha value is -3.40. The molecule has 2 aromatic heterocycles. The van der Waals surface area contributed by atoms with Crippen molar-refractivity contribution >= 4 is 34.9 Å². The van der Waals surface area contributed by atoms with Crippen LogP contribution >= 0.6 is 23.4 Å². The van der Waals surface area contributed by atoms with Crippen LogP contribution in [0.2, 0.25) is 5.02 Å². The molecular formula is C24H18ClN5S. The lowest BCUT2D eigenvalue weighted by Crippen LogP contribution is -2.03. The topological polar surface area (TPSA) is 74.5 Å². The number of pyridine rings is 1. The summed E-state index contributed by atoms with van der Waals surface area (Å²) in [4.78, 5) is 13.2. The maximum atomic E-state index is 9.86. The van der Waals surface area contributed by atoms with E-state index in [1.165, 1.54) is 22.9 Å². The Kier molecular flexibility index (Phi) is 6.46. The lowest BCUT2D eigenvalue weighted by Gasteiger charge is -2.13. The molecule has 2 heterocycles. The molecule has 2 aromatic carbocycles. The fraction of sp³-hybridized carbons (Fsp3) is 0.0833. The Morgan fingerprint density at radius 3 is 2.26 bits per heavy atom. The van der Waals surface area contributed by atoms with Crippen LogP contribution in [0.15, 0.2) is 78.2 Å². The van der Waals surface area contributed by atoms with Crippen LogP contribution in [-0.2, 0) is 6.42 Å². The molecule has 0 spiro atoms. The number of anilines is 2. The van der Waals surface area contributed by atoms with E-state index in [2.05, 4.69) is 38.5 Å². The summed E-state index contributed by atoms with van der Waals surface area (Å²) in [7, 11) is 0. The number of benzene rings is 2. The molecule has 0 bridgehead atoms. The maximum Gasteiger partial charge on any atom is 0.189 e. The normalized spacial score (nSPS) is 10.5. The summed E-state index contributed by atoms with van der Waals surface area (Å²) in [5.74, 6) is 0.480. The number of hydrogen-bond donors (Lipinski definition) is 1. The molecule has 0 atom stereocenters. The van der Waals surface area contributed by atoms with E-state index in [1.807, 2.05) is 42.7 Å². The average Bonchev–Trinajstić information content (AvgIpc) is 2.81. The van der Waals surface area contributed by atoms with Crippen molar-refractivity contribution in [1.29, 1.82) is 5.26 Å². The van der Waals surface area contributed by atoms with Gasteiger partial charge in [-0.25, -0.2) is 9.97 Å². The highest BCUT2D eigenvalue weighted by molar-refractivity contribution is 7.98. The molecule has 0 fully saturated rings. The molecule has 4 aromatic rings. The summed E-state index contributed by atoms with van der Waals surface area (Å²) < 4.78 is 0. The number of nitrogens with one attached hydrogen (secondary N) is 1. The van der Waals surface area contributed by atoms with Crippen LogP contribution in [0.5, 0.6) is 0 Å². The van der Waals surface area contributed by atoms with Crippen LogP contribution in [0.4, 0.5) is 11.5 Å². The summed E-state index contributed by atoms with van der Waals surface area (Å²) in [5, 5.41) is 14.4. The van der Waals surface area contributed by atoms with Crippen molar-refractivity contribution in [2.24, 2.45) is 0 Å². The van der Waals surface area contributed by atoms with E-state index < -0.39 is 0 Å². The minimum Gasteiger partial charge on any atom is -0.339 e. The first-order chi connectivity index (χ1) is 15.2. The van der Waals surface area contributed by atoms with Crippen molar-refractivity contribution in [3.8, 4) is 17.3 Å². The van der Waals surface area contributed by atoms with Gasteiger partial charge >= 0.3 is 0 Å². The highest BCUT2D eigenvalue weighted by Gasteiger charge is 2.16. The van der Waals surface area contributed by atoms with E-state index in [9.17, 15) is 5.26 Å². The number of halogens is 1. The molecule has 0 aliphatic heterocycles. The number of hydrogen-bond acceptors (Lipinski definition) is 6. The van der Waals surface area contributed by atoms with E-state index in [4.69, 9.17) is 11.6 Å². The first kappa shape index (κ1) is 20.9. The number of nitrogens with zero attached hydrogens (tertiary/aromatic N) is 4. The second-order valence-electron chi connectivity index (χ2n) is 6.76. The Morgan fingerprint density at radius 2 is 1.61 bits per heavy atom. The lowest BCUT2D eigenvalue weighted by molar-refractivity contribution is 0.975. The average molecular weight is 444 g/mol. The van der Waals surface area contributed by atoms with Gasteiger partial charge in [0.15, 0.2) is 11.0 Å². The third-order valence-electron chi connectivity index (χ3n) is 4.67. The van der Waals surface area contributed by atoms with Gasteiger partial charge in [0.2, 0.25) is 0 Å². The van der Waals surface area contributed by atoms with Crippen LogP contribution in [0.3, 0.4) is 0 Å². The molecule has 0 aliphatic carbocycles. The second-order valence-corrected chi connectivity index (χ2v) is 7.97. The van der Waals surface area contributed by atoms with Crippen molar-refractivity contribution in [3.63, 3.8) is 0 Å². The minimum absolute atomic E-state index is 0.390. The zero-order chi connectivity index (χ0) is 21.6. The van der Waals surface area contributed by atoms with Gasteiger partial charge in [0.05, 0.1) is 5.69 Å². The lowest BCUT2D eigenvalue weighted by atomic mass is 10.1. The van der Waals surface area contributed by atoms with Gasteiger partial charge in [-0.05, 0) is 60.2 Å². The summed E-state index contributed by atoms with van der Waals surface area (Å²) in [5.41, 5.74) is 5.02. The Morgan fingerprint density at radius 1 is 0.935 bits per heavy atom. The van der Waals surface area contributed by atoms with Crippen molar-refractivity contribution in [3.05, 3.63) is 94.8 Å². The molecule has 0 amide bonds. The van der Waals surface area contributed by atoms with E-state index in [0.717, 1.165) is 17.7 Å². The fourth-order valence-electron chi connectivity index (χ4n) is 3.12. The third-order valence-corrected chi connectivity index (χ3v) is 5.47. The van der Waals surface area contributed by atoms with Gasteiger partial charge in [0, 0.05) is 28.7 Å². The molecule has 5 nitrogen and oxygen atoms in total. The summed E-state index contributed by atoms with van der Waals surface area (Å²) >= 11 is 7.44. The van der Waals surface area contributed by atoms with E-state index in [1.54, 1.807) is 24.5 Å². The first-order valence-electron chi connectivity index (χ1n) is 9.53. The molecule has 4 rings (SSSR count). The number of thioether (sulfide) groups is 1. The van der Waals surface area contributed by atoms with Crippen molar-refractivity contribution < 1.29 is 0 Å². The highest BCUT2D eigenvalue weighted by atomic mass is 35.5. The third kappa shape index (κ3) is 5.02. The Balaban J connectivity index is 1.64. The number of nitriles is 1. The number of rotatable bonds is 6. The molecule has 0 radical (unpaired) electrons. The largest absolute Gasteiger partial charge is 0.339 e. The quantitative estimate of drug-likeness (QED) is 0.286. The Bertz CT molecular complexity index is 1220. The fourth-order valence-corrected chi connectivity index (χ4v) is 3.61. The van der Waals surface area contributed by atoms with Crippen LogP contribution in [0, 0.1) is 11.3 Å². The zero-order valence-corrected chi connectivity index (χ0v) is 18.3. The summed E-state index contributed by atoms with van der Waals surface area (Å²) in [6.07, 6.45) is 6.33. The molecule has 0 aliphatic rings. The summed E-state index contributed by atoms with van der Waals surface area (Å²) in [6.45, 7) is 0. The van der Waals surface area contributed by atoms with E-state index in [0.29, 0.717) is 27.3 Å². The van der Waals surface area contributed by atoms with Crippen LogP contribution in [0.25, 0.3) is 11.3 Å². The Labute approximate surface area is 190 Å². The molecular weight excluding hydrogens is 426 g/mol. The summed E-state index contributed by atoms with van der Waals surface area (Å²) in [6, 6.07) is 21.6. The molecule has 1 N–H and O–H groups in total. The van der Waals surface area contributed by atoms with Gasteiger partial charge in [-0.1, -0.05) is 47.6 Å². The minimum atomic E-state index is 0.390. The van der Waals surface area contributed by atoms with Gasteiger partial charge < -0.3 is 5.32 Å². The van der Waals surface area contributed by atoms with Crippen LogP contribution in [0.1, 0.15) is 16.7 Å². The van der Waals surface area contributed by atoms with Gasteiger partial charge in [-0.2, -0.15) is 5.26 Å². The van der Waals surface area contributed by atoms with Gasteiger partial charge in [-0.3, -0.25) is 4.98 Å². The molecule has 152 valence electrons. The number of aromatic nitrogens is 3. The zero-order valence-electron chi connectivity index (χ0n) is 16.7. The van der Waals surface area contributed by atoms with E-state index in [-0.39, 0.29) is 0 Å². The van der Waals surface area contributed by atoms with E-state index >= 15 is 0 Å². The molecule has 7 heteroatoms. The standard InChI is InChI=1S/C24H18ClN5S/c1-31-24-29-22(18-4-6-19(25)7-5-18)21(15-26)23(30-24)28-20-8-2-16(3-9-20)14-17-10-12-27-13-11-17/h2-13H,14H2,1H3,(H,28,29,30). The predicted octanol–water partition coefficient (Wildman–Crippen LogP) is 6.12. The van der Waals surface area contributed by atoms with Gasteiger partial charge in [0.25, 0.3) is 0 Å². The highest BCUT2D eigenvalue weighted by Crippen LogP contribution is 2.30. The maximum absolute atomic E-state index is 9.86. The van der Waals surface area contributed by atoms with Crippen molar-refractivity contribution in [2.75, 3.05) is 11.6 Å². The van der Waals surface area contributed by atoms with Gasteiger partial charge in [-0.15, -0.1) is 0 Å². The molecule has 0 saturated carbocycles. The predicted molar refractivity (Wildman–Crippen MR) is 126 cm³/mol. The molecule has 0 unspecified atom stereocenters. The molecule has 31 heavy (non-hydrogen) atoms. The second kappa shape index (κ2) is 9.61.